The topological polar surface area (TPSA) is 46.8 Å². The Morgan fingerprint density at radius 3 is 2.62 bits per heavy atom. The van der Waals surface area contributed by atoms with Crippen molar-refractivity contribution in [2.24, 2.45) is 0 Å². The number of aryl methyl sites for hydroxylation is 1. The second-order valence-electron chi connectivity index (χ2n) is 6.22. The van der Waals surface area contributed by atoms with Crippen molar-refractivity contribution in [3.05, 3.63) is 66.0 Å². The highest BCUT2D eigenvalue weighted by molar-refractivity contribution is 5.68. The second-order valence-corrected chi connectivity index (χ2v) is 6.22. The van der Waals surface area contributed by atoms with Crippen molar-refractivity contribution in [3.63, 3.8) is 0 Å². The van der Waals surface area contributed by atoms with Crippen LogP contribution in [-0.2, 0) is 0 Å². The van der Waals surface area contributed by atoms with E-state index in [0.717, 1.165) is 39.5 Å². The summed E-state index contributed by atoms with van der Waals surface area (Å²) in [6.07, 6.45) is 1.34. The van der Waals surface area contributed by atoms with Crippen LogP contribution in [0, 0.1) is 6.92 Å². The summed E-state index contributed by atoms with van der Waals surface area (Å²) in [5, 5.41) is 10.2. The van der Waals surface area contributed by atoms with Crippen LogP contribution in [0.15, 0.2) is 54.7 Å². The van der Waals surface area contributed by atoms with Crippen LogP contribution in [0.25, 0.3) is 16.9 Å². The zero-order valence-electron chi connectivity index (χ0n) is 14.3. The Bertz CT molecular complexity index is 877. The van der Waals surface area contributed by atoms with Crippen LogP contribution < -0.4 is 4.74 Å². The lowest BCUT2D eigenvalue weighted by molar-refractivity contribution is 0.194. The van der Waals surface area contributed by atoms with Gasteiger partial charge in [-0.25, -0.2) is 4.98 Å². The summed E-state index contributed by atoms with van der Waals surface area (Å²) in [6, 6.07) is 11.8. The van der Waals surface area contributed by atoms with Crippen molar-refractivity contribution in [1.29, 1.82) is 0 Å². The molecule has 4 nitrogen and oxygen atoms in total. The molecule has 0 saturated heterocycles. The lowest BCUT2D eigenvalue weighted by Crippen LogP contribution is -2.00. The molecule has 3 aromatic rings. The van der Waals surface area contributed by atoms with Gasteiger partial charge in [0.1, 0.15) is 18.0 Å². The van der Waals surface area contributed by atoms with Crippen LogP contribution >= 0.6 is 0 Å². The number of nitrogens with zero attached hydrogens (tertiary/aromatic N) is 2. The van der Waals surface area contributed by atoms with Crippen LogP contribution in [0.4, 0.5) is 0 Å². The Kier molecular flexibility index (Phi) is 4.40. The number of aliphatic hydroxyl groups excluding tert-OH is 1. The van der Waals surface area contributed by atoms with E-state index < -0.39 is 6.10 Å². The Morgan fingerprint density at radius 2 is 2.00 bits per heavy atom. The molecule has 1 unspecified atom stereocenters. The summed E-state index contributed by atoms with van der Waals surface area (Å²) in [6.45, 7) is 10.1. The minimum atomic E-state index is -0.614. The number of hydrogen-bond donors (Lipinski definition) is 1. The smallest absolute Gasteiger partial charge is 0.138 e. The molecule has 2 aromatic heterocycles. The van der Waals surface area contributed by atoms with Gasteiger partial charge in [-0.15, -0.1) is 0 Å². The molecule has 1 N–H and O–H groups in total. The molecule has 1 aromatic carbocycles. The maximum absolute atomic E-state index is 10.2. The largest absolute Gasteiger partial charge is 0.489 e. The van der Waals surface area contributed by atoms with Crippen LogP contribution in [0.2, 0.25) is 0 Å². The maximum Gasteiger partial charge on any atom is 0.138 e. The number of rotatable bonds is 5. The molecule has 0 bridgehead atoms. The van der Waals surface area contributed by atoms with Crippen molar-refractivity contribution >= 4 is 5.65 Å². The van der Waals surface area contributed by atoms with Crippen LogP contribution in [0.1, 0.15) is 31.2 Å². The van der Waals surface area contributed by atoms with Gasteiger partial charge < -0.3 is 14.2 Å². The molecule has 124 valence electrons. The Morgan fingerprint density at radius 1 is 1.29 bits per heavy atom. The summed E-state index contributed by atoms with van der Waals surface area (Å²) >= 11 is 0. The van der Waals surface area contributed by atoms with E-state index in [1.165, 1.54) is 0 Å². The van der Waals surface area contributed by atoms with Gasteiger partial charge in [-0.1, -0.05) is 6.58 Å². The molecule has 0 saturated carbocycles. The molecular weight excluding hydrogens is 300 g/mol. The van der Waals surface area contributed by atoms with E-state index in [0.29, 0.717) is 6.61 Å². The quantitative estimate of drug-likeness (QED) is 0.712. The zero-order valence-corrected chi connectivity index (χ0v) is 14.3. The molecule has 1 atom stereocenters. The van der Waals surface area contributed by atoms with Crippen molar-refractivity contribution < 1.29 is 9.84 Å². The third-order valence-corrected chi connectivity index (χ3v) is 3.83. The molecule has 0 aliphatic carbocycles. The monoisotopic (exact) mass is 322 g/mol. The molecule has 0 aliphatic heterocycles. The molecule has 4 heteroatoms. The molecule has 0 radical (unpaired) electrons. The first-order valence-electron chi connectivity index (χ1n) is 8.00. The fourth-order valence-electron chi connectivity index (χ4n) is 2.69. The van der Waals surface area contributed by atoms with Crippen LogP contribution in [0.5, 0.6) is 5.75 Å². The van der Waals surface area contributed by atoms with Crippen LogP contribution in [0.3, 0.4) is 0 Å². The molecule has 0 fully saturated rings. The fraction of sp³-hybridized carbons (Fsp3) is 0.250. The average Bonchev–Trinajstić information content (AvgIpc) is 2.92. The van der Waals surface area contributed by atoms with E-state index in [2.05, 4.69) is 6.58 Å². The first-order valence-corrected chi connectivity index (χ1v) is 8.00. The summed E-state index contributed by atoms with van der Waals surface area (Å²) in [5.41, 5.74) is 5.49. The van der Waals surface area contributed by atoms with Crippen molar-refractivity contribution in [3.8, 4) is 17.0 Å². The number of benzene rings is 1. The zero-order chi connectivity index (χ0) is 17.3. The number of ether oxygens (including phenoxy) is 1. The first kappa shape index (κ1) is 16.3. The molecular formula is C20H22N2O2. The average molecular weight is 322 g/mol. The van der Waals surface area contributed by atoms with Gasteiger partial charge in [-0.05, 0) is 68.3 Å². The molecule has 24 heavy (non-hydrogen) atoms. The summed E-state index contributed by atoms with van der Waals surface area (Å²) in [5.74, 6) is 0.792. The molecule has 3 rings (SSSR count). The minimum Gasteiger partial charge on any atom is -0.489 e. The van der Waals surface area contributed by atoms with Gasteiger partial charge in [0.05, 0.1) is 17.5 Å². The number of hydrogen-bond acceptors (Lipinski definition) is 3. The van der Waals surface area contributed by atoms with E-state index in [1.54, 1.807) is 6.92 Å². The molecule has 0 aliphatic rings. The number of aromatic nitrogens is 2. The van der Waals surface area contributed by atoms with E-state index in [4.69, 9.17) is 9.72 Å². The highest BCUT2D eigenvalue weighted by atomic mass is 16.5. The SMILES string of the molecule is C=C(C)COc1ccc(-c2nc3cc(C)ccn3c2C(C)O)cc1. The predicted molar refractivity (Wildman–Crippen MR) is 96.3 cm³/mol. The van der Waals surface area contributed by atoms with Gasteiger partial charge >= 0.3 is 0 Å². The van der Waals surface area contributed by atoms with Gasteiger partial charge in [-0.3, -0.25) is 0 Å². The number of fused-ring (bicyclic) bond motifs is 1. The normalized spacial score (nSPS) is 12.3. The Labute approximate surface area is 142 Å². The Balaban J connectivity index is 2.02. The summed E-state index contributed by atoms with van der Waals surface area (Å²) in [4.78, 5) is 4.72. The second kappa shape index (κ2) is 6.49. The van der Waals surface area contributed by atoms with Crippen LogP contribution in [-0.4, -0.2) is 21.1 Å². The summed E-state index contributed by atoms with van der Waals surface area (Å²) in [7, 11) is 0. The molecule has 0 amide bonds. The molecule has 0 spiro atoms. The third-order valence-electron chi connectivity index (χ3n) is 3.83. The highest BCUT2D eigenvalue weighted by Gasteiger charge is 2.18. The minimum absolute atomic E-state index is 0.506. The fourth-order valence-corrected chi connectivity index (χ4v) is 2.69. The van der Waals surface area contributed by atoms with Crippen molar-refractivity contribution in [2.75, 3.05) is 6.61 Å². The van der Waals surface area contributed by atoms with Gasteiger partial charge in [0.15, 0.2) is 0 Å². The number of aliphatic hydroxyl groups is 1. The predicted octanol–water partition coefficient (Wildman–Crippen LogP) is 4.32. The van der Waals surface area contributed by atoms with E-state index >= 15 is 0 Å². The summed E-state index contributed by atoms with van der Waals surface area (Å²) < 4.78 is 7.58. The Hall–Kier alpha value is -2.59. The highest BCUT2D eigenvalue weighted by Crippen LogP contribution is 2.30. The number of pyridine rings is 1. The lowest BCUT2D eigenvalue weighted by Gasteiger charge is -2.09. The van der Waals surface area contributed by atoms with E-state index in [-0.39, 0.29) is 0 Å². The number of imidazole rings is 1. The van der Waals surface area contributed by atoms with Crippen molar-refractivity contribution in [2.45, 2.75) is 26.9 Å². The van der Waals surface area contributed by atoms with E-state index in [9.17, 15) is 5.11 Å². The lowest BCUT2D eigenvalue weighted by atomic mass is 10.1. The van der Waals surface area contributed by atoms with E-state index in [1.807, 2.05) is 60.8 Å². The van der Waals surface area contributed by atoms with Gasteiger partial charge in [0.25, 0.3) is 0 Å². The van der Waals surface area contributed by atoms with Gasteiger partial charge in [0, 0.05) is 11.8 Å². The maximum atomic E-state index is 10.2. The molecule has 2 heterocycles. The van der Waals surface area contributed by atoms with Gasteiger partial charge in [0.2, 0.25) is 0 Å². The standard InChI is InChI=1S/C20H22N2O2/c1-13(2)12-24-17-7-5-16(6-8-17)19-20(15(4)23)22-10-9-14(3)11-18(22)21-19/h5-11,15,23H,1,12H2,2-4H3. The first-order chi connectivity index (χ1) is 11.5. The van der Waals surface area contributed by atoms with Gasteiger partial charge in [-0.2, -0.15) is 0 Å². The van der Waals surface area contributed by atoms with Crippen molar-refractivity contribution in [1.82, 2.24) is 9.38 Å². The third kappa shape index (κ3) is 3.19.